The van der Waals surface area contributed by atoms with Crippen LogP contribution in [-0.2, 0) is 23.1 Å². The molecule has 0 radical (unpaired) electrons. The number of nitrogens with zero attached hydrogens (tertiary/aromatic N) is 1. The molecule has 5 nitrogen and oxygen atoms in total. The maximum absolute atomic E-state index is 13.3. The number of hydrogen-bond donors (Lipinski definition) is 1. The van der Waals surface area contributed by atoms with Gasteiger partial charge in [-0.15, -0.1) is 13.2 Å². The van der Waals surface area contributed by atoms with Crippen LogP contribution in [0.3, 0.4) is 0 Å². The third kappa shape index (κ3) is 5.22. The Bertz CT molecular complexity index is 1300. The van der Waals surface area contributed by atoms with E-state index < -0.39 is 22.3 Å². The van der Waals surface area contributed by atoms with E-state index in [4.69, 9.17) is 0 Å². The number of nitrogens with one attached hydrogen (secondary N) is 1. The Kier molecular flexibility index (Phi) is 6.70. The number of anilines is 1. The van der Waals surface area contributed by atoms with Crippen LogP contribution in [0.4, 0.5) is 18.9 Å². The van der Waals surface area contributed by atoms with E-state index in [9.17, 15) is 21.6 Å². The summed E-state index contributed by atoms with van der Waals surface area (Å²) >= 11 is 0. The minimum Gasteiger partial charge on any atom is -0.404 e. The van der Waals surface area contributed by atoms with Gasteiger partial charge in [-0.3, -0.25) is 4.72 Å². The summed E-state index contributed by atoms with van der Waals surface area (Å²) in [6.07, 6.45) is -1.57. The molecule has 5 rings (SSSR count). The number of ether oxygens (including phenoxy) is 1. The lowest BCUT2D eigenvalue weighted by atomic mass is 9.76. The van der Waals surface area contributed by atoms with Gasteiger partial charge < -0.3 is 4.74 Å². The summed E-state index contributed by atoms with van der Waals surface area (Å²) in [5, 5.41) is 0. The summed E-state index contributed by atoms with van der Waals surface area (Å²) in [4.78, 5) is 0. The van der Waals surface area contributed by atoms with Crippen LogP contribution in [0.5, 0.6) is 5.75 Å². The van der Waals surface area contributed by atoms with Crippen molar-refractivity contribution >= 4 is 15.9 Å². The Morgan fingerprint density at radius 3 is 2.08 bits per heavy atom. The fraction of sp³-hybridized carbons (Fsp3) is 0.333. The Morgan fingerprint density at radius 1 is 0.861 bits per heavy atom. The monoisotopic (exact) mass is 516 g/mol. The van der Waals surface area contributed by atoms with Crippen molar-refractivity contribution in [2.75, 3.05) is 17.8 Å². The van der Waals surface area contributed by atoms with E-state index in [0.717, 1.165) is 25.3 Å². The third-order valence-electron chi connectivity index (χ3n) is 7.03. The lowest BCUT2D eigenvalue weighted by Crippen LogP contribution is -2.44. The Hall–Kier alpha value is -3.04. The highest BCUT2D eigenvalue weighted by molar-refractivity contribution is 7.90. The molecule has 1 heterocycles. The quantitative estimate of drug-likeness (QED) is 0.461. The number of alkyl halides is 3. The number of piperidine rings is 1. The van der Waals surface area contributed by atoms with Gasteiger partial charge in [-0.25, -0.2) is 0 Å². The second kappa shape index (κ2) is 9.78. The van der Waals surface area contributed by atoms with Gasteiger partial charge in [-0.1, -0.05) is 60.7 Å². The van der Waals surface area contributed by atoms with Crippen LogP contribution >= 0.6 is 0 Å². The van der Waals surface area contributed by atoms with Crippen molar-refractivity contribution in [2.24, 2.45) is 5.92 Å². The van der Waals surface area contributed by atoms with Crippen LogP contribution < -0.4 is 9.46 Å². The first kappa shape index (κ1) is 24.6. The molecule has 1 aliphatic carbocycles. The van der Waals surface area contributed by atoms with Gasteiger partial charge in [-0.2, -0.15) is 12.7 Å². The topological polar surface area (TPSA) is 58.6 Å². The molecular weight excluding hydrogens is 489 g/mol. The first-order valence-corrected chi connectivity index (χ1v) is 13.4. The minimum atomic E-state index is -4.93. The first-order valence-electron chi connectivity index (χ1n) is 12.0. The maximum atomic E-state index is 13.3. The van der Waals surface area contributed by atoms with Crippen molar-refractivity contribution in [2.45, 2.75) is 38.0 Å². The molecule has 36 heavy (non-hydrogen) atoms. The van der Waals surface area contributed by atoms with Gasteiger partial charge in [0, 0.05) is 19.0 Å². The molecule has 1 N–H and O–H groups in total. The predicted octanol–water partition coefficient (Wildman–Crippen LogP) is 5.88. The molecule has 9 heteroatoms. The molecule has 190 valence electrons. The van der Waals surface area contributed by atoms with Gasteiger partial charge in [0.2, 0.25) is 0 Å². The van der Waals surface area contributed by atoms with E-state index in [2.05, 4.69) is 33.7 Å². The molecule has 1 saturated heterocycles. The highest BCUT2D eigenvalue weighted by Gasteiger charge is 2.37. The van der Waals surface area contributed by atoms with Crippen LogP contribution in [0.25, 0.3) is 0 Å². The lowest BCUT2D eigenvalue weighted by Gasteiger charge is -2.37. The summed E-state index contributed by atoms with van der Waals surface area (Å²) in [5.41, 5.74) is 4.75. The zero-order valence-corrected chi connectivity index (χ0v) is 20.4. The highest BCUT2D eigenvalue weighted by atomic mass is 32.2. The highest BCUT2D eigenvalue weighted by Crippen LogP contribution is 2.43. The Labute approximate surface area is 209 Å². The first-order chi connectivity index (χ1) is 17.2. The molecule has 0 aromatic heterocycles. The molecule has 0 saturated carbocycles. The number of hydrogen-bond acceptors (Lipinski definition) is 3. The van der Waals surface area contributed by atoms with Crippen molar-refractivity contribution in [3.8, 4) is 5.75 Å². The number of halogens is 3. The molecule has 0 amide bonds. The lowest BCUT2D eigenvalue weighted by molar-refractivity contribution is -0.274. The van der Waals surface area contributed by atoms with Gasteiger partial charge in [0.1, 0.15) is 0 Å². The molecule has 1 atom stereocenters. The second-order valence-corrected chi connectivity index (χ2v) is 11.0. The molecule has 3 aromatic carbocycles. The van der Waals surface area contributed by atoms with Crippen molar-refractivity contribution in [1.29, 1.82) is 0 Å². The van der Waals surface area contributed by atoms with E-state index in [-0.39, 0.29) is 24.1 Å². The molecule has 2 aliphatic rings. The van der Waals surface area contributed by atoms with Crippen LogP contribution in [0, 0.1) is 5.92 Å². The Balaban J connectivity index is 1.44. The van der Waals surface area contributed by atoms with Crippen molar-refractivity contribution in [3.63, 3.8) is 0 Å². The van der Waals surface area contributed by atoms with E-state index >= 15 is 0 Å². The van der Waals surface area contributed by atoms with Gasteiger partial charge in [0.25, 0.3) is 0 Å². The van der Waals surface area contributed by atoms with Crippen molar-refractivity contribution < 1.29 is 26.3 Å². The fourth-order valence-corrected chi connectivity index (χ4v) is 6.84. The number of aryl methyl sites for hydroxylation is 2. The maximum Gasteiger partial charge on any atom is 0.573 e. The SMILES string of the molecule is O=S(=O)(Nc1ccccc1OC(F)(F)F)N1CCCC(C2c3ccccc3CCc3ccccc32)C1. The van der Waals surface area contributed by atoms with E-state index in [1.54, 1.807) is 0 Å². The zero-order valence-electron chi connectivity index (χ0n) is 19.5. The molecule has 1 aliphatic heterocycles. The number of rotatable bonds is 5. The molecule has 3 aromatic rings. The van der Waals surface area contributed by atoms with E-state index in [1.807, 2.05) is 24.3 Å². The second-order valence-electron chi connectivity index (χ2n) is 9.29. The Morgan fingerprint density at radius 2 is 1.44 bits per heavy atom. The van der Waals surface area contributed by atoms with Gasteiger partial charge >= 0.3 is 16.6 Å². The van der Waals surface area contributed by atoms with E-state index in [1.165, 1.54) is 44.8 Å². The molecule has 1 fully saturated rings. The molecule has 0 spiro atoms. The predicted molar refractivity (Wildman–Crippen MR) is 132 cm³/mol. The normalized spacial score (nSPS) is 19.1. The van der Waals surface area contributed by atoms with Crippen LogP contribution in [0.2, 0.25) is 0 Å². The molecule has 0 bridgehead atoms. The van der Waals surface area contributed by atoms with Crippen LogP contribution in [-0.4, -0.2) is 32.2 Å². The summed E-state index contributed by atoms with van der Waals surface area (Å²) in [6, 6.07) is 21.8. The van der Waals surface area contributed by atoms with Gasteiger partial charge in [0.15, 0.2) is 5.75 Å². The average Bonchev–Trinajstić information content (AvgIpc) is 3.01. The van der Waals surface area contributed by atoms with Crippen LogP contribution in [0.15, 0.2) is 72.8 Å². The molecule has 1 unspecified atom stereocenters. The summed E-state index contributed by atoms with van der Waals surface area (Å²) in [6.45, 7) is 0.565. The van der Waals surface area contributed by atoms with Crippen molar-refractivity contribution in [3.05, 3.63) is 95.1 Å². The largest absolute Gasteiger partial charge is 0.573 e. The standard InChI is InChI=1S/C27H27F3N2O3S/c28-27(29,30)35-25-14-6-5-13-24(25)31-36(33,34)32-17-7-10-21(18-32)26-22-11-3-1-8-19(22)15-16-20-9-2-4-12-23(20)26/h1-6,8-9,11-14,21,26,31H,7,10,15-18H2. The number of benzene rings is 3. The average molecular weight is 517 g/mol. The summed E-state index contributed by atoms with van der Waals surface area (Å²) < 4.78 is 72.9. The zero-order chi connectivity index (χ0) is 25.3. The molecular formula is C27H27F3N2O3S. The summed E-state index contributed by atoms with van der Waals surface area (Å²) in [5.74, 6) is -0.523. The van der Waals surface area contributed by atoms with Gasteiger partial charge in [0.05, 0.1) is 5.69 Å². The van der Waals surface area contributed by atoms with Gasteiger partial charge in [-0.05, 0) is 66.0 Å². The fourth-order valence-electron chi connectivity index (χ4n) is 5.51. The minimum absolute atomic E-state index is 0.0254. The van der Waals surface area contributed by atoms with Crippen LogP contribution in [0.1, 0.15) is 41.0 Å². The third-order valence-corrected chi connectivity index (χ3v) is 8.52. The summed E-state index contributed by atoms with van der Waals surface area (Å²) in [7, 11) is -4.11. The number of fused-ring (bicyclic) bond motifs is 2. The smallest absolute Gasteiger partial charge is 0.404 e. The van der Waals surface area contributed by atoms with Crippen molar-refractivity contribution in [1.82, 2.24) is 4.31 Å². The number of para-hydroxylation sites is 2. The van der Waals surface area contributed by atoms with E-state index in [0.29, 0.717) is 13.0 Å².